The summed E-state index contributed by atoms with van der Waals surface area (Å²) < 4.78 is 33.3. The average molecular weight is 1330 g/mol. The third-order valence-electron chi connectivity index (χ3n) is 18.4. The van der Waals surface area contributed by atoms with Crippen molar-refractivity contribution in [3.63, 3.8) is 0 Å². The van der Waals surface area contributed by atoms with Gasteiger partial charge in [-0.05, 0) is 57.8 Å². The maximum absolute atomic E-state index is 12.8. The first kappa shape index (κ1) is 90.7. The van der Waals surface area contributed by atoms with Gasteiger partial charge in [0.2, 0.25) is 0 Å². The molecule has 0 aliphatic carbocycles. The molecule has 0 bridgehead atoms. The van der Waals surface area contributed by atoms with Gasteiger partial charge in [0.05, 0.1) is 13.2 Å². The maximum atomic E-state index is 12.8. The van der Waals surface area contributed by atoms with E-state index in [9.17, 15) is 19.0 Å². The van der Waals surface area contributed by atoms with Crippen LogP contribution in [-0.4, -0.2) is 49.3 Å². The summed E-state index contributed by atoms with van der Waals surface area (Å²) in [6.45, 7) is 3.71. The Hall–Kier alpha value is -2.29. The summed E-state index contributed by atoms with van der Waals surface area (Å²) in [6.07, 6.45) is 104. The van der Waals surface area contributed by atoms with Crippen LogP contribution in [0.3, 0.4) is 0 Å². The number of esters is 2. The number of unbranched alkanes of at least 4 members (excludes halogenated alkanes) is 55. The molecule has 0 aromatic heterocycles. The van der Waals surface area contributed by atoms with E-state index in [-0.39, 0.29) is 38.6 Å². The monoisotopic (exact) mass is 1330 g/mol. The van der Waals surface area contributed by atoms with Gasteiger partial charge in [-0.15, -0.1) is 0 Å². The first-order chi connectivity index (χ1) is 45.8. The average Bonchev–Trinajstić information content (AvgIpc) is 3.70. The molecule has 0 amide bonds. The Bertz CT molecular complexity index is 1710. The highest BCUT2D eigenvalue weighted by atomic mass is 31.2. The van der Waals surface area contributed by atoms with E-state index in [1.807, 2.05) is 0 Å². The number of hydrogen-bond acceptors (Lipinski definition) is 8. The highest BCUT2D eigenvalue weighted by Gasteiger charge is 2.26. The molecule has 0 radical (unpaired) electrons. The van der Waals surface area contributed by atoms with Gasteiger partial charge in [-0.3, -0.25) is 18.6 Å². The summed E-state index contributed by atoms with van der Waals surface area (Å²) in [5.74, 6) is -0.807. The van der Waals surface area contributed by atoms with Crippen molar-refractivity contribution >= 4 is 19.8 Å². The van der Waals surface area contributed by atoms with E-state index >= 15 is 0 Å². The second kappa shape index (κ2) is 78.7. The molecule has 9 nitrogen and oxygen atoms in total. The van der Waals surface area contributed by atoms with Crippen LogP contribution >= 0.6 is 7.82 Å². The van der Waals surface area contributed by atoms with E-state index in [1.54, 1.807) is 0 Å². The zero-order valence-electron chi connectivity index (χ0n) is 61.8. The van der Waals surface area contributed by atoms with Crippen molar-refractivity contribution in [2.75, 3.05) is 26.4 Å². The van der Waals surface area contributed by atoms with E-state index in [4.69, 9.17) is 24.3 Å². The van der Waals surface area contributed by atoms with Gasteiger partial charge in [0, 0.05) is 19.4 Å². The van der Waals surface area contributed by atoms with Crippen molar-refractivity contribution in [2.24, 2.45) is 5.73 Å². The number of rotatable bonds is 78. The molecule has 0 heterocycles. The lowest BCUT2D eigenvalue weighted by Crippen LogP contribution is -2.29. The molecule has 3 N–H and O–H groups in total. The Morgan fingerprint density at radius 1 is 0.333 bits per heavy atom. The zero-order chi connectivity index (χ0) is 67.2. The Labute approximate surface area is 578 Å². The van der Waals surface area contributed by atoms with Crippen molar-refractivity contribution in [3.8, 4) is 0 Å². The molecule has 546 valence electrons. The molecular weight excluding hydrogens is 1170 g/mol. The molecule has 0 spiro atoms. The largest absolute Gasteiger partial charge is 0.472 e. The zero-order valence-corrected chi connectivity index (χ0v) is 62.7. The number of carbonyl (C=O) groups excluding carboxylic acids is 2. The third-order valence-corrected chi connectivity index (χ3v) is 19.4. The van der Waals surface area contributed by atoms with E-state index in [2.05, 4.69) is 74.6 Å². The third kappa shape index (κ3) is 78.6. The second-order valence-electron chi connectivity index (χ2n) is 27.6. The number of carbonyl (C=O) groups is 2. The van der Waals surface area contributed by atoms with Crippen LogP contribution in [0.5, 0.6) is 0 Å². The van der Waals surface area contributed by atoms with E-state index < -0.39 is 26.5 Å². The van der Waals surface area contributed by atoms with Gasteiger partial charge in [0.25, 0.3) is 0 Å². The lowest BCUT2D eigenvalue weighted by molar-refractivity contribution is -0.161. The summed E-state index contributed by atoms with van der Waals surface area (Å²) in [5, 5.41) is 0. The molecule has 0 aliphatic heterocycles. The van der Waals surface area contributed by atoms with Crippen LogP contribution < -0.4 is 5.73 Å². The van der Waals surface area contributed by atoms with Crippen molar-refractivity contribution < 1.29 is 37.6 Å². The standard InChI is InChI=1S/C83H156NO8P/c1-3-5-7-9-11-13-15-17-19-21-23-25-27-29-31-33-35-36-37-38-39-40-41-42-43-44-46-47-49-51-53-55-57-59-61-63-65-67-69-71-73-75-82(85)89-79-81(80-91-93(87,88)90-78-77-84)92-83(86)76-74-72-70-68-66-64-62-60-58-56-54-52-50-48-45-34-32-30-28-26-24-22-20-18-16-14-12-10-8-6-4-2/h6,8,12,14,18,20,24,26,30,32,81H,3-5,7,9-11,13,15-17,19,21-23,25,27-29,31,33-80,84H2,1-2H3,(H,87,88)/b8-6-,14-12-,20-18-,26-24-,32-30-. The molecule has 0 saturated carbocycles. The fourth-order valence-electron chi connectivity index (χ4n) is 12.4. The Morgan fingerprint density at radius 3 is 0.882 bits per heavy atom. The molecule has 0 saturated heterocycles. The fraction of sp³-hybridized carbons (Fsp3) is 0.855. The number of nitrogens with two attached hydrogens (primary N) is 1. The van der Waals surface area contributed by atoms with Gasteiger partial charge in [0.15, 0.2) is 6.10 Å². The summed E-state index contributed by atoms with van der Waals surface area (Å²) in [4.78, 5) is 35.5. The quantitative estimate of drug-likeness (QED) is 0.0264. The minimum Gasteiger partial charge on any atom is -0.462 e. The van der Waals surface area contributed by atoms with E-state index in [0.29, 0.717) is 6.42 Å². The molecule has 2 unspecified atom stereocenters. The van der Waals surface area contributed by atoms with Crippen LogP contribution in [0.4, 0.5) is 0 Å². The van der Waals surface area contributed by atoms with Crippen LogP contribution in [0, 0.1) is 0 Å². The molecule has 2 atom stereocenters. The molecule has 0 fully saturated rings. The molecule has 0 aliphatic rings. The summed E-state index contributed by atoms with van der Waals surface area (Å²) in [7, 11) is -4.40. The second-order valence-corrected chi connectivity index (χ2v) is 29.1. The first-order valence-electron chi connectivity index (χ1n) is 40.8. The predicted octanol–water partition coefficient (Wildman–Crippen LogP) is 27.3. The van der Waals surface area contributed by atoms with Crippen LogP contribution in [0.15, 0.2) is 60.8 Å². The Kier molecular flexibility index (Phi) is 76.8. The van der Waals surface area contributed by atoms with Gasteiger partial charge >= 0.3 is 19.8 Å². The van der Waals surface area contributed by atoms with Crippen molar-refractivity contribution in [3.05, 3.63) is 60.8 Å². The number of ether oxygens (including phenoxy) is 2. The Balaban J connectivity index is 3.73. The van der Waals surface area contributed by atoms with Gasteiger partial charge in [-0.2, -0.15) is 0 Å². The van der Waals surface area contributed by atoms with Gasteiger partial charge in [-0.25, -0.2) is 4.57 Å². The SMILES string of the molecule is CC/C=C\C/C=C\C/C=C\C/C=C\C/C=C\CCCCCCCCCCCCCCCCCC(=O)OC(COC(=O)CCCCCCCCCCCCCCCCCCCCCCCCCCCCCCCCCCCCCCCCCCC)COP(=O)(O)OCCN. The summed E-state index contributed by atoms with van der Waals surface area (Å²) in [6, 6.07) is 0. The minimum absolute atomic E-state index is 0.0543. The summed E-state index contributed by atoms with van der Waals surface area (Å²) in [5.41, 5.74) is 5.42. The van der Waals surface area contributed by atoms with E-state index in [0.717, 1.165) is 70.6 Å². The number of phosphoric acid groups is 1. The molecule has 0 aromatic carbocycles. The number of phosphoric ester groups is 1. The lowest BCUT2D eigenvalue weighted by Gasteiger charge is -2.19. The van der Waals surface area contributed by atoms with E-state index in [1.165, 1.54) is 321 Å². The molecule has 0 aromatic rings. The smallest absolute Gasteiger partial charge is 0.462 e. The van der Waals surface area contributed by atoms with Gasteiger partial charge < -0.3 is 20.1 Å². The highest BCUT2D eigenvalue weighted by Crippen LogP contribution is 2.43. The summed E-state index contributed by atoms with van der Waals surface area (Å²) >= 11 is 0. The van der Waals surface area contributed by atoms with Crippen LogP contribution in [0.1, 0.15) is 425 Å². The first-order valence-corrected chi connectivity index (χ1v) is 42.3. The van der Waals surface area contributed by atoms with Crippen molar-refractivity contribution in [1.82, 2.24) is 0 Å². The lowest BCUT2D eigenvalue weighted by atomic mass is 10.0. The maximum Gasteiger partial charge on any atom is 0.472 e. The van der Waals surface area contributed by atoms with Gasteiger partial charge in [-0.1, -0.05) is 415 Å². The number of hydrogen-bond donors (Lipinski definition) is 2. The van der Waals surface area contributed by atoms with Crippen molar-refractivity contribution in [1.29, 1.82) is 0 Å². The van der Waals surface area contributed by atoms with Crippen LogP contribution in [0.2, 0.25) is 0 Å². The minimum atomic E-state index is -4.40. The number of allylic oxidation sites excluding steroid dienone is 10. The topological polar surface area (TPSA) is 134 Å². The predicted molar refractivity (Wildman–Crippen MR) is 404 cm³/mol. The molecular formula is C83H156NO8P. The fourth-order valence-corrected chi connectivity index (χ4v) is 13.2. The highest BCUT2D eigenvalue weighted by molar-refractivity contribution is 7.47. The Morgan fingerprint density at radius 2 is 0.591 bits per heavy atom. The van der Waals surface area contributed by atoms with Crippen molar-refractivity contribution in [2.45, 2.75) is 431 Å². The van der Waals surface area contributed by atoms with Crippen LogP contribution in [-0.2, 0) is 32.7 Å². The van der Waals surface area contributed by atoms with Gasteiger partial charge in [0.1, 0.15) is 6.61 Å². The molecule has 93 heavy (non-hydrogen) atoms. The molecule has 10 heteroatoms. The normalized spacial score (nSPS) is 13.1. The molecule has 0 rings (SSSR count). The van der Waals surface area contributed by atoms with Crippen LogP contribution in [0.25, 0.3) is 0 Å².